The SMILES string of the molecule is COC12CCC(c3ccc(C(=O)NCCCCNC(=N)N)cc3)(CC1)CC2. The molecule has 6 nitrogen and oxygen atoms in total. The van der Waals surface area contributed by atoms with Crippen molar-refractivity contribution in [1.82, 2.24) is 10.6 Å². The second-order valence-electron chi connectivity index (χ2n) is 8.05. The summed E-state index contributed by atoms with van der Waals surface area (Å²) in [6.45, 7) is 1.29. The standard InChI is InChI=1S/C21H32N4O2/c1-27-21-11-8-20(9-12-21,10-13-21)17-6-4-16(5-7-17)18(26)24-14-2-3-15-25-19(22)23/h4-7H,2-3,8-15H2,1H3,(H,24,26)(H4,22,23,25). The summed E-state index contributed by atoms with van der Waals surface area (Å²) in [7, 11) is 1.85. The number of carbonyl (C=O) groups is 1. The van der Waals surface area contributed by atoms with E-state index >= 15 is 0 Å². The third-order valence-electron chi connectivity index (χ3n) is 6.57. The molecule has 1 aromatic carbocycles. The fourth-order valence-electron chi connectivity index (χ4n) is 4.64. The average Bonchev–Trinajstić information content (AvgIpc) is 2.71. The van der Waals surface area contributed by atoms with Crippen molar-refractivity contribution in [2.75, 3.05) is 20.2 Å². The van der Waals surface area contributed by atoms with Crippen LogP contribution in [0.15, 0.2) is 24.3 Å². The van der Waals surface area contributed by atoms with Crippen molar-refractivity contribution < 1.29 is 9.53 Å². The highest BCUT2D eigenvalue weighted by atomic mass is 16.5. The molecular formula is C21H32N4O2. The van der Waals surface area contributed by atoms with Crippen molar-refractivity contribution in [3.63, 3.8) is 0 Å². The second kappa shape index (κ2) is 8.30. The van der Waals surface area contributed by atoms with E-state index in [-0.39, 0.29) is 22.9 Å². The van der Waals surface area contributed by atoms with E-state index in [2.05, 4.69) is 22.8 Å². The maximum atomic E-state index is 12.3. The number of hydrogen-bond donors (Lipinski definition) is 4. The number of rotatable bonds is 8. The van der Waals surface area contributed by atoms with Gasteiger partial charge in [0.2, 0.25) is 0 Å². The van der Waals surface area contributed by atoms with Gasteiger partial charge in [0.25, 0.3) is 5.91 Å². The zero-order valence-electron chi connectivity index (χ0n) is 16.3. The van der Waals surface area contributed by atoms with Crippen molar-refractivity contribution >= 4 is 11.9 Å². The van der Waals surface area contributed by atoms with Crippen LogP contribution in [0.25, 0.3) is 0 Å². The lowest BCUT2D eigenvalue weighted by Gasteiger charge is -2.53. The molecule has 5 N–H and O–H groups in total. The Morgan fingerprint density at radius 2 is 1.59 bits per heavy atom. The Morgan fingerprint density at radius 3 is 2.11 bits per heavy atom. The van der Waals surface area contributed by atoms with Crippen LogP contribution in [-0.2, 0) is 10.2 Å². The number of nitrogens with one attached hydrogen (secondary N) is 3. The van der Waals surface area contributed by atoms with Gasteiger partial charge in [-0.3, -0.25) is 10.2 Å². The van der Waals surface area contributed by atoms with E-state index in [4.69, 9.17) is 15.9 Å². The van der Waals surface area contributed by atoms with Crippen molar-refractivity contribution in [1.29, 1.82) is 5.41 Å². The molecule has 0 heterocycles. The molecule has 0 spiro atoms. The van der Waals surface area contributed by atoms with E-state index in [9.17, 15) is 4.79 Å². The van der Waals surface area contributed by atoms with Crippen LogP contribution in [0.2, 0.25) is 0 Å². The topological polar surface area (TPSA) is 100 Å². The number of nitrogens with two attached hydrogens (primary N) is 1. The fraction of sp³-hybridized carbons (Fsp3) is 0.619. The van der Waals surface area contributed by atoms with Crippen molar-refractivity contribution in [2.24, 2.45) is 5.73 Å². The third-order valence-corrected chi connectivity index (χ3v) is 6.57. The molecule has 1 aromatic rings. The number of hydrogen-bond acceptors (Lipinski definition) is 3. The van der Waals surface area contributed by atoms with Gasteiger partial charge in [0.15, 0.2) is 5.96 Å². The zero-order valence-corrected chi connectivity index (χ0v) is 16.3. The molecular weight excluding hydrogens is 340 g/mol. The zero-order chi connectivity index (χ0) is 19.3. The molecule has 4 rings (SSSR count). The highest BCUT2D eigenvalue weighted by Crippen LogP contribution is 2.54. The smallest absolute Gasteiger partial charge is 0.251 e. The number of amides is 1. The first-order valence-electron chi connectivity index (χ1n) is 10.0. The number of ether oxygens (including phenoxy) is 1. The Hall–Kier alpha value is -2.08. The first kappa shape index (κ1) is 19.7. The molecule has 3 saturated carbocycles. The number of guanidine groups is 1. The molecule has 3 fully saturated rings. The first-order valence-corrected chi connectivity index (χ1v) is 10.0. The van der Waals surface area contributed by atoms with Gasteiger partial charge in [0, 0.05) is 25.8 Å². The number of methoxy groups -OCH3 is 1. The van der Waals surface area contributed by atoms with E-state index in [0.29, 0.717) is 13.1 Å². The molecule has 0 radical (unpaired) electrons. The molecule has 6 heteroatoms. The molecule has 0 aliphatic heterocycles. The Morgan fingerprint density at radius 1 is 1.04 bits per heavy atom. The summed E-state index contributed by atoms with van der Waals surface area (Å²) in [4.78, 5) is 12.3. The Labute approximate surface area is 161 Å². The fourth-order valence-corrected chi connectivity index (χ4v) is 4.64. The lowest BCUT2D eigenvalue weighted by Crippen LogP contribution is -2.49. The van der Waals surface area contributed by atoms with Crippen LogP contribution in [0, 0.1) is 5.41 Å². The van der Waals surface area contributed by atoms with E-state index in [1.54, 1.807) is 0 Å². The normalized spacial score (nSPS) is 26.6. The lowest BCUT2D eigenvalue weighted by atomic mass is 9.56. The summed E-state index contributed by atoms with van der Waals surface area (Å²) in [5.41, 5.74) is 7.72. The maximum absolute atomic E-state index is 12.3. The largest absolute Gasteiger partial charge is 0.378 e. The minimum atomic E-state index is -0.0238. The van der Waals surface area contributed by atoms with E-state index < -0.39 is 0 Å². The molecule has 3 aliphatic carbocycles. The van der Waals surface area contributed by atoms with Gasteiger partial charge in [-0.05, 0) is 74.5 Å². The van der Waals surface area contributed by atoms with Crippen LogP contribution in [0.3, 0.4) is 0 Å². The molecule has 1 amide bonds. The summed E-state index contributed by atoms with van der Waals surface area (Å²) in [5, 5.41) is 12.8. The Balaban J connectivity index is 1.49. The summed E-state index contributed by atoms with van der Waals surface area (Å²) in [5.74, 6) is -0.0355. The monoisotopic (exact) mass is 372 g/mol. The minimum Gasteiger partial charge on any atom is -0.378 e. The van der Waals surface area contributed by atoms with Crippen LogP contribution < -0.4 is 16.4 Å². The summed E-state index contributed by atoms with van der Waals surface area (Å²) < 4.78 is 5.80. The number of fused-ring (bicyclic) bond motifs is 3. The second-order valence-corrected chi connectivity index (χ2v) is 8.05. The molecule has 0 unspecified atom stereocenters. The average molecular weight is 373 g/mol. The van der Waals surface area contributed by atoms with Crippen LogP contribution in [0.1, 0.15) is 67.3 Å². The van der Waals surface area contributed by atoms with Crippen LogP contribution in [0.4, 0.5) is 0 Å². The predicted molar refractivity (Wildman–Crippen MR) is 107 cm³/mol. The van der Waals surface area contributed by atoms with Crippen molar-refractivity contribution in [2.45, 2.75) is 62.4 Å². The van der Waals surface area contributed by atoms with Gasteiger partial charge in [-0.25, -0.2) is 0 Å². The van der Waals surface area contributed by atoms with Gasteiger partial charge >= 0.3 is 0 Å². The minimum absolute atomic E-state index is 0.0116. The van der Waals surface area contributed by atoms with Gasteiger partial charge in [-0.15, -0.1) is 0 Å². The van der Waals surface area contributed by atoms with Gasteiger partial charge < -0.3 is 21.1 Å². The number of carbonyl (C=O) groups excluding carboxylic acids is 1. The predicted octanol–water partition coefficient (Wildman–Crippen LogP) is 2.67. The molecule has 27 heavy (non-hydrogen) atoms. The number of unbranched alkanes of at least 4 members (excludes halogenated alkanes) is 1. The maximum Gasteiger partial charge on any atom is 0.251 e. The van der Waals surface area contributed by atoms with E-state index in [0.717, 1.165) is 37.7 Å². The van der Waals surface area contributed by atoms with E-state index in [1.807, 2.05) is 19.2 Å². The van der Waals surface area contributed by atoms with Crippen LogP contribution >= 0.6 is 0 Å². The lowest BCUT2D eigenvalue weighted by molar-refractivity contribution is -0.0955. The van der Waals surface area contributed by atoms with Gasteiger partial charge in [-0.1, -0.05) is 12.1 Å². The molecule has 0 saturated heterocycles. The van der Waals surface area contributed by atoms with Gasteiger partial charge in [0.1, 0.15) is 0 Å². The van der Waals surface area contributed by atoms with Crippen molar-refractivity contribution in [3.8, 4) is 0 Å². The molecule has 0 atom stereocenters. The number of benzene rings is 1. The summed E-state index contributed by atoms with van der Waals surface area (Å²) in [6.07, 6.45) is 8.69. The highest BCUT2D eigenvalue weighted by Gasteiger charge is 2.49. The van der Waals surface area contributed by atoms with E-state index in [1.165, 1.54) is 24.8 Å². The molecule has 0 aromatic heterocycles. The highest BCUT2D eigenvalue weighted by molar-refractivity contribution is 5.94. The molecule has 3 aliphatic rings. The summed E-state index contributed by atoms with van der Waals surface area (Å²) >= 11 is 0. The van der Waals surface area contributed by atoms with Gasteiger partial charge in [-0.2, -0.15) is 0 Å². The Bertz CT molecular complexity index is 647. The summed E-state index contributed by atoms with van der Waals surface area (Å²) in [6, 6.07) is 8.22. The van der Waals surface area contributed by atoms with Crippen molar-refractivity contribution in [3.05, 3.63) is 35.4 Å². The van der Waals surface area contributed by atoms with Crippen LogP contribution in [-0.4, -0.2) is 37.7 Å². The molecule has 148 valence electrons. The molecule has 2 bridgehead atoms. The first-order chi connectivity index (χ1) is 13.0. The van der Waals surface area contributed by atoms with Gasteiger partial charge in [0.05, 0.1) is 5.60 Å². The quantitative estimate of drug-likeness (QED) is 0.320. The third kappa shape index (κ3) is 4.43. The van der Waals surface area contributed by atoms with Crippen LogP contribution in [0.5, 0.6) is 0 Å². The Kier molecular flexibility index (Phi) is 6.05.